The second-order valence-corrected chi connectivity index (χ2v) is 8.77. The highest BCUT2D eigenvalue weighted by Gasteiger charge is 2.22. The van der Waals surface area contributed by atoms with E-state index >= 15 is 0 Å². The fourth-order valence-electron chi connectivity index (χ4n) is 3.24. The summed E-state index contributed by atoms with van der Waals surface area (Å²) in [4.78, 5) is 12.4. The first-order valence-corrected chi connectivity index (χ1v) is 8.71. The van der Waals surface area contributed by atoms with Crippen LogP contribution >= 0.6 is 0 Å². The van der Waals surface area contributed by atoms with Crippen molar-refractivity contribution in [3.05, 3.63) is 47.5 Å². The first-order valence-electron chi connectivity index (χ1n) is 8.71. The van der Waals surface area contributed by atoms with Crippen molar-refractivity contribution in [3.8, 4) is 0 Å². The summed E-state index contributed by atoms with van der Waals surface area (Å²) >= 11 is 0. The van der Waals surface area contributed by atoms with Gasteiger partial charge in [0.05, 0.1) is 18.1 Å². The van der Waals surface area contributed by atoms with Crippen LogP contribution in [-0.2, 0) is 15.6 Å². The molecule has 0 atom stereocenters. The molecular weight excluding hydrogens is 310 g/mol. The maximum atomic E-state index is 12.4. The predicted octanol–water partition coefficient (Wildman–Crippen LogP) is 6.00. The number of carbonyl (C=O) groups excluding carboxylic acids is 1. The topological polar surface area (TPSA) is 31.2 Å². The van der Waals surface area contributed by atoms with Crippen molar-refractivity contribution in [3.63, 3.8) is 0 Å². The van der Waals surface area contributed by atoms with E-state index in [1.807, 2.05) is 12.1 Å². The summed E-state index contributed by atoms with van der Waals surface area (Å²) in [5.41, 5.74) is 4.39. The molecule has 3 aromatic rings. The average Bonchev–Trinajstić information content (AvgIpc) is 2.85. The third-order valence-corrected chi connectivity index (χ3v) is 4.85. The molecule has 1 aromatic heterocycles. The van der Waals surface area contributed by atoms with Crippen LogP contribution < -0.4 is 0 Å². The lowest BCUT2D eigenvalue weighted by Crippen LogP contribution is -2.12. The van der Waals surface area contributed by atoms with E-state index in [4.69, 9.17) is 4.74 Å². The van der Waals surface area contributed by atoms with Crippen molar-refractivity contribution in [2.75, 3.05) is 7.11 Å². The van der Waals surface area contributed by atoms with E-state index in [0.717, 1.165) is 21.8 Å². The summed E-state index contributed by atoms with van der Waals surface area (Å²) < 4.78 is 6.70. The smallest absolute Gasteiger partial charge is 0.418 e. The van der Waals surface area contributed by atoms with Gasteiger partial charge in [-0.3, -0.25) is 0 Å². The van der Waals surface area contributed by atoms with Crippen LogP contribution in [0.5, 0.6) is 0 Å². The molecule has 0 radical (unpaired) electrons. The Labute approximate surface area is 149 Å². The van der Waals surface area contributed by atoms with Gasteiger partial charge in [-0.15, -0.1) is 0 Å². The van der Waals surface area contributed by atoms with Crippen LogP contribution in [0.15, 0.2) is 36.4 Å². The number of benzene rings is 2. The van der Waals surface area contributed by atoms with Crippen LogP contribution in [0.25, 0.3) is 21.8 Å². The molecule has 0 fully saturated rings. The third kappa shape index (κ3) is 2.92. The molecule has 1 heterocycles. The minimum Gasteiger partial charge on any atom is -0.452 e. The Kier molecular flexibility index (Phi) is 3.94. The lowest BCUT2D eigenvalue weighted by Gasteiger charge is -2.19. The van der Waals surface area contributed by atoms with Gasteiger partial charge in [0, 0.05) is 10.8 Å². The molecular formula is C22H27NO2. The van der Waals surface area contributed by atoms with Gasteiger partial charge in [-0.2, -0.15) is 0 Å². The largest absolute Gasteiger partial charge is 0.452 e. The van der Waals surface area contributed by atoms with Crippen LogP contribution in [0.2, 0.25) is 0 Å². The first kappa shape index (κ1) is 17.5. The van der Waals surface area contributed by atoms with Crippen LogP contribution in [-0.4, -0.2) is 17.8 Å². The Bertz CT molecular complexity index is 894. The molecule has 2 aromatic carbocycles. The van der Waals surface area contributed by atoms with E-state index in [1.165, 1.54) is 18.2 Å². The molecule has 0 saturated carbocycles. The molecule has 0 aliphatic carbocycles. The summed E-state index contributed by atoms with van der Waals surface area (Å²) in [5.74, 6) is 0. The number of rotatable bonds is 0. The Morgan fingerprint density at radius 1 is 0.800 bits per heavy atom. The van der Waals surface area contributed by atoms with Crippen molar-refractivity contribution in [2.24, 2.45) is 0 Å². The van der Waals surface area contributed by atoms with Gasteiger partial charge in [-0.25, -0.2) is 9.36 Å². The molecule has 0 unspecified atom stereocenters. The number of nitrogens with zero attached hydrogens (tertiary/aromatic N) is 1. The quantitative estimate of drug-likeness (QED) is 0.503. The Hall–Kier alpha value is -2.29. The van der Waals surface area contributed by atoms with Crippen LogP contribution in [0.1, 0.15) is 52.7 Å². The average molecular weight is 337 g/mol. The lowest BCUT2D eigenvalue weighted by atomic mass is 9.85. The highest BCUT2D eigenvalue weighted by molar-refractivity contribution is 6.12. The Morgan fingerprint density at radius 3 is 1.52 bits per heavy atom. The number of hydrogen-bond donors (Lipinski definition) is 0. The molecule has 3 rings (SSSR count). The minimum atomic E-state index is -0.355. The van der Waals surface area contributed by atoms with Crippen LogP contribution in [0.3, 0.4) is 0 Å². The van der Waals surface area contributed by atoms with Crippen molar-refractivity contribution in [1.82, 2.24) is 4.57 Å². The van der Waals surface area contributed by atoms with Gasteiger partial charge in [0.15, 0.2) is 0 Å². The van der Waals surface area contributed by atoms with Gasteiger partial charge in [-0.05, 0) is 46.2 Å². The van der Waals surface area contributed by atoms with Crippen LogP contribution in [0, 0.1) is 0 Å². The highest BCUT2D eigenvalue weighted by Crippen LogP contribution is 2.35. The zero-order chi connectivity index (χ0) is 18.6. The number of methoxy groups -OCH3 is 1. The molecule has 3 heteroatoms. The Morgan fingerprint density at radius 2 is 1.20 bits per heavy atom. The zero-order valence-electron chi connectivity index (χ0n) is 16.2. The maximum Gasteiger partial charge on any atom is 0.418 e. The van der Waals surface area contributed by atoms with E-state index in [2.05, 4.69) is 65.8 Å². The highest BCUT2D eigenvalue weighted by atomic mass is 16.5. The molecule has 25 heavy (non-hydrogen) atoms. The van der Waals surface area contributed by atoms with Crippen molar-refractivity contribution in [1.29, 1.82) is 0 Å². The summed E-state index contributed by atoms with van der Waals surface area (Å²) in [6.45, 7) is 13.2. The molecule has 0 aliphatic rings. The Balaban J connectivity index is 2.44. The van der Waals surface area contributed by atoms with Crippen molar-refractivity contribution >= 4 is 27.9 Å². The second-order valence-electron chi connectivity index (χ2n) is 8.77. The number of ether oxygens (including phenoxy) is 1. The molecule has 0 bridgehead atoms. The predicted molar refractivity (Wildman–Crippen MR) is 105 cm³/mol. The second kappa shape index (κ2) is 5.62. The number of aromatic nitrogens is 1. The maximum absolute atomic E-state index is 12.4. The van der Waals surface area contributed by atoms with Gasteiger partial charge in [0.2, 0.25) is 0 Å². The monoisotopic (exact) mass is 337 g/mol. The molecule has 0 aliphatic heterocycles. The van der Waals surface area contributed by atoms with E-state index in [-0.39, 0.29) is 16.9 Å². The molecule has 0 N–H and O–H groups in total. The van der Waals surface area contributed by atoms with E-state index in [9.17, 15) is 4.79 Å². The van der Waals surface area contributed by atoms with E-state index < -0.39 is 0 Å². The zero-order valence-corrected chi connectivity index (χ0v) is 16.2. The molecule has 0 spiro atoms. The van der Waals surface area contributed by atoms with Gasteiger partial charge in [0.25, 0.3) is 0 Å². The number of hydrogen-bond acceptors (Lipinski definition) is 2. The molecule has 0 saturated heterocycles. The van der Waals surface area contributed by atoms with Gasteiger partial charge in [-0.1, -0.05) is 53.7 Å². The number of fused-ring (bicyclic) bond motifs is 3. The molecule has 3 nitrogen and oxygen atoms in total. The minimum absolute atomic E-state index is 0.0511. The van der Waals surface area contributed by atoms with Crippen molar-refractivity contribution < 1.29 is 9.53 Å². The normalized spacial score (nSPS) is 12.8. The lowest BCUT2D eigenvalue weighted by molar-refractivity contribution is 0.175. The van der Waals surface area contributed by atoms with Crippen LogP contribution in [0.4, 0.5) is 4.79 Å². The number of carbonyl (C=O) groups is 1. The van der Waals surface area contributed by atoms with Gasteiger partial charge in [0.1, 0.15) is 0 Å². The van der Waals surface area contributed by atoms with Crippen molar-refractivity contribution in [2.45, 2.75) is 52.4 Å². The fourth-order valence-corrected chi connectivity index (χ4v) is 3.24. The third-order valence-electron chi connectivity index (χ3n) is 4.85. The molecule has 0 amide bonds. The summed E-state index contributed by atoms with van der Waals surface area (Å²) in [6, 6.07) is 12.7. The standard InChI is InChI=1S/C22H27NO2/c1-21(2,3)14-8-10-18-16(12-14)17-13-15(22(4,5)6)9-11-19(17)23(18)20(24)25-7/h8-13H,1-7H3. The molecule has 132 valence electrons. The first-order chi connectivity index (χ1) is 11.5. The van der Waals surface area contributed by atoms with Gasteiger partial charge < -0.3 is 4.74 Å². The SMILES string of the molecule is COC(=O)n1c2ccc(C(C)(C)C)cc2c2cc(C(C)(C)C)ccc21. The summed E-state index contributed by atoms with van der Waals surface area (Å²) in [7, 11) is 1.42. The van der Waals surface area contributed by atoms with Gasteiger partial charge >= 0.3 is 6.09 Å². The fraction of sp³-hybridized carbons (Fsp3) is 0.409. The van der Waals surface area contributed by atoms with E-state index in [0.29, 0.717) is 0 Å². The summed E-state index contributed by atoms with van der Waals surface area (Å²) in [5, 5.41) is 2.19. The van der Waals surface area contributed by atoms with E-state index in [1.54, 1.807) is 4.57 Å². The summed E-state index contributed by atoms with van der Waals surface area (Å²) in [6.07, 6.45) is -0.355.